The standard InChI is InChI=1S/C21H15F3N6O2/c22-21(23,24)32-17-8-2-14(3-9-17)20(31)29-16-6-4-15(5-7-16)28-18-12-19(26-13-25-18)30-11-1-10-27-30/h1-13H,(H,29,31)(H,25,26,28). The summed E-state index contributed by atoms with van der Waals surface area (Å²) >= 11 is 0. The molecule has 0 aliphatic carbocycles. The molecular formula is C21H15F3N6O2. The minimum atomic E-state index is -4.79. The van der Waals surface area contributed by atoms with Crippen LogP contribution < -0.4 is 15.4 Å². The monoisotopic (exact) mass is 440 g/mol. The van der Waals surface area contributed by atoms with Crippen molar-refractivity contribution in [3.63, 3.8) is 0 Å². The highest BCUT2D eigenvalue weighted by Gasteiger charge is 2.31. The average Bonchev–Trinajstić information content (AvgIpc) is 3.30. The molecule has 0 aliphatic heterocycles. The number of nitrogens with zero attached hydrogens (tertiary/aromatic N) is 4. The van der Waals surface area contributed by atoms with E-state index in [0.29, 0.717) is 17.3 Å². The molecule has 0 bridgehead atoms. The molecule has 4 aromatic rings. The number of aromatic nitrogens is 4. The van der Waals surface area contributed by atoms with Gasteiger partial charge in [-0.25, -0.2) is 14.6 Å². The maximum Gasteiger partial charge on any atom is 0.573 e. The van der Waals surface area contributed by atoms with Gasteiger partial charge in [0.05, 0.1) is 0 Å². The van der Waals surface area contributed by atoms with Crippen LogP contribution in [0.2, 0.25) is 0 Å². The van der Waals surface area contributed by atoms with Crippen molar-refractivity contribution in [3.05, 3.63) is 84.9 Å². The molecule has 0 fully saturated rings. The molecule has 4 rings (SSSR count). The van der Waals surface area contributed by atoms with Gasteiger partial charge in [-0.15, -0.1) is 13.2 Å². The SMILES string of the molecule is O=C(Nc1ccc(Nc2cc(-n3cccn3)ncn2)cc1)c1ccc(OC(F)(F)F)cc1. The minimum absolute atomic E-state index is 0.189. The van der Waals surface area contributed by atoms with Crippen molar-refractivity contribution in [1.82, 2.24) is 19.7 Å². The van der Waals surface area contributed by atoms with Crippen molar-refractivity contribution in [3.8, 4) is 11.6 Å². The van der Waals surface area contributed by atoms with Crippen LogP contribution in [0.1, 0.15) is 10.4 Å². The lowest BCUT2D eigenvalue weighted by Gasteiger charge is -2.10. The first-order valence-electron chi connectivity index (χ1n) is 9.22. The maximum atomic E-state index is 12.3. The van der Waals surface area contributed by atoms with Crippen LogP contribution in [0.15, 0.2) is 79.4 Å². The number of amides is 1. The van der Waals surface area contributed by atoms with Crippen LogP contribution in [0.5, 0.6) is 5.75 Å². The lowest BCUT2D eigenvalue weighted by molar-refractivity contribution is -0.274. The molecule has 2 aromatic carbocycles. The number of anilines is 3. The van der Waals surface area contributed by atoms with E-state index in [0.717, 1.165) is 17.8 Å². The van der Waals surface area contributed by atoms with Gasteiger partial charge in [0.15, 0.2) is 5.82 Å². The van der Waals surface area contributed by atoms with E-state index < -0.39 is 18.0 Å². The van der Waals surface area contributed by atoms with Crippen molar-refractivity contribution >= 4 is 23.1 Å². The van der Waals surface area contributed by atoms with E-state index in [1.54, 1.807) is 53.5 Å². The Labute approximate surface area is 179 Å². The van der Waals surface area contributed by atoms with Crippen molar-refractivity contribution < 1.29 is 22.7 Å². The fraction of sp³-hybridized carbons (Fsp3) is 0.0476. The van der Waals surface area contributed by atoms with Gasteiger partial charge in [0.1, 0.15) is 17.9 Å². The van der Waals surface area contributed by atoms with E-state index in [2.05, 4.69) is 30.4 Å². The summed E-state index contributed by atoms with van der Waals surface area (Å²) in [4.78, 5) is 20.7. The summed E-state index contributed by atoms with van der Waals surface area (Å²) in [7, 11) is 0. The zero-order valence-electron chi connectivity index (χ0n) is 16.2. The van der Waals surface area contributed by atoms with Gasteiger partial charge in [-0.2, -0.15) is 5.10 Å². The van der Waals surface area contributed by atoms with Gasteiger partial charge in [0.2, 0.25) is 0 Å². The number of rotatable bonds is 6. The molecule has 8 nitrogen and oxygen atoms in total. The van der Waals surface area contributed by atoms with Crippen molar-refractivity contribution in [2.24, 2.45) is 0 Å². The lowest BCUT2D eigenvalue weighted by atomic mass is 10.2. The highest BCUT2D eigenvalue weighted by molar-refractivity contribution is 6.04. The smallest absolute Gasteiger partial charge is 0.406 e. The Morgan fingerprint density at radius 1 is 0.969 bits per heavy atom. The van der Waals surface area contributed by atoms with E-state index in [1.165, 1.54) is 18.5 Å². The maximum absolute atomic E-state index is 12.3. The molecule has 0 spiro atoms. The number of carbonyl (C=O) groups is 1. The molecule has 2 N–H and O–H groups in total. The van der Waals surface area contributed by atoms with Gasteiger partial charge in [-0.1, -0.05) is 0 Å². The zero-order valence-corrected chi connectivity index (χ0v) is 16.2. The summed E-state index contributed by atoms with van der Waals surface area (Å²) in [5.74, 6) is 0.292. The molecule has 2 aromatic heterocycles. The Morgan fingerprint density at radius 3 is 2.34 bits per heavy atom. The number of halogens is 3. The van der Waals surface area contributed by atoms with Crippen LogP contribution in [0, 0.1) is 0 Å². The van der Waals surface area contributed by atoms with Crippen molar-refractivity contribution in [2.75, 3.05) is 10.6 Å². The summed E-state index contributed by atoms with van der Waals surface area (Å²) in [5, 5.41) is 9.93. The number of nitrogens with one attached hydrogen (secondary N) is 2. The number of benzene rings is 2. The van der Waals surface area contributed by atoms with E-state index in [4.69, 9.17) is 0 Å². The zero-order chi connectivity index (χ0) is 22.6. The summed E-state index contributed by atoms with van der Waals surface area (Å²) in [5.41, 5.74) is 1.42. The van der Waals surface area contributed by atoms with Gasteiger partial charge in [-0.3, -0.25) is 4.79 Å². The normalized spacial score (nSPS) is 11.1. The minimum Gasteiger partial charge on any atom is -0.406 e. The Bertz CT molecular complexity index is 1190. The first kappa shape index (κ1) is 20.8. The predicted molar refractivity (Wildman–Crippen MR) is 110 cm³/mol. The molecule has 0 atom stereocenters. The highest BCUT2D eigenvalue weighted by atomic mass is 19.4. The van der Waals surface area contributed by atoms with Gasteiger partial charge < -0.3 is 15.4 Å². The van der Waals surface area contributed by atoms with Crippen LogP contribution in [0.3, 0.4) is 0 Å². The van der Waals surface area contributed by atoms with E-state index in [-0.39, 0.29) is 5.56 Å². The quantitative estimate of drug-likeness (QED) is 0.457. The second-order valence-electron chi connectivity index (χ2n) is 6.44. The Morgan fingerprint density at radius 2 is 1.69 bits per heavy atom. The molecule has 2 heterocycles. The third-order valence-corrected chi connectivity index (χ3v) is 4.16. The molecule has 1 amide bonds. The third kappa shape index (κ3) is 5.39. The number of hydrogen-bond acceptors (Lipinski definition) is 6. The Balaban J connectivity index is 1.38. The number of ether oxygens (including phenoxy) is 1. The van der Waals surface area contributed by atoms with E-state index in [1.807, 2.05) is 0 Å². The van der Waals surface area contributed by atoms with Crippen LogP contribution in [0.25, 0.3) is 5.82 Å². The molecular weight excluding hydrogens is 425 g/mol. The molecule has 0 unspecified atom stereocenters. The molecule has 0 saturated carbocycles. The first-order valence-corrected chi connectivity index (χ1v) is 9.22. The van der Waals surface area contributed by atoms with Crippen LogP contribution in [-0.2, 0) is 0 Å². The van der Waals surface area contributed by atoms with Gasteiger partial charge >= 0.3 is 6.36 Å². The van der Waals surface area contributed by atoms with Gasteiger partial charge in [-0.05, 0) is 54.6 Å². The predicted octanol–water partition coefficient (Wildman–Crippen LogP) is 4.56. The lowest BCUT2D eigenvalue weighted by Crippen LogP contribution is -2.17. The second-order valence-corrected chi connectivity index (χ2v) is 6.44. The highest BCUT2D eigenvalue weighted by Crippen LogP contribution is 2.23. The summed E-state index contributed by atoms with van der Waals surface area (Å²) < 4.78 is 42.1. The molecule has 32 heavy (non-hydrogen) atoms. The first-order chi connectivity index (χ1) is 15.4. The van der Waals surface area contributed by atoms with E-state index >= 15 is 0 Å². The number of alkyl halides is 3. The van der Waals surface area contributed by atoms with Crippen molar-refractivity contribution in [1.29, 1.82) is 0 Å². The molecule has 0 aliphatic rings. The Hall–Kier alpha value is -4.41. The number of carbonyl (C=O) groups excluding carboxylic acids is 1. The molecule has 11 heteroatoms. The fourth-order valence-corrected chi connectivity index (χ4v) is 2.74. The molecule has 0 saturated heterocycles. The second kappa shape index (κ2) is 8.76. The third-order valence-electron chi connectivity index (χ3n) is 4.16. The largest absolute Gasteiger partial charge is 0.573 e. The van der Waals surface area contributed by atoms with Gasteiger partial charge in [0, 0.05) is 35.4 Å². The van der Waals surface area contributed by atoms with Crippen LogP contribution in [-0.4, -0.2) is 32.0 Å². The van der Waals surface area contributed by atoms with Crippen molar-refractivity contribution in [2.45, 2.75) is 6.36 Å². The summed E-state index contributed by atoms with van der Waals surface area (Å²) in [6.45, 7) is 0. The van der Waals surface area contributed by atoms with Crippen LogP contribution in [0.4, 0.5) is 30.4 Å². The summed E-state index contributed by atoms with van der Waals surface area (Å²) in [6, 6.07) is 15.0. The topological polar surface area (TPSA) is 94.0 Å². The average molecular weight is 440 g/mol. The molecule has 0 radical (unpaired) electrons. The van der Waals surface area contributed by atoms with Crippen LogP contribution >= 0.6 is 0 Å². The fourth-order valence-electron chi connectivity index (χ4n) is 2.74. The summed E-state index contributed by atoms with van der Waals surface area (Å²) in [6.07, 6.45) is 0.0401. The number of hydrogen-bond donors (Lipinski definition) is 2. The van der Waals surface area contributed by atoms with E-state index in [9.17, 15) is 18.0 Å². The molecule has 162 valence electrons. The Kier molecular flexibility index (Phi) is 5.71. The van der Waals surface area contributed by atoms with Gasteiger partial charge in [0.25, 0.3) is 5.91 Å².